The van der Waals surface area contributed by atoms with E-state index in [1.807, 2.05) is 0 Å². The zero-order valence-electron chi connectivity index (χ0n) is 10.8. The summed E-state index contributed by atoms with van der Waals surface area (Å²) in [5.74, 6) is 1.50. The lowest BCUT2D eigenvalue weighted by molar-refractivity contribution is 0.0949. The summed E-state index contributed by atoms with van der Waals surface area (Å²) in [6.07, 6.45) is 5.04. The van der Waals surface area contributed by atoms with Gasteiger partial charge in [0.1, 0.15) is 5.75 Å². The topological polar surface area (TPSA) is 51.2 Å². The van der Waals surface area contributed by atoms with Crippen molar-refractivity contribution in [2.24, 2.45) is 5.92 Å². The second kappa shape index (κ2) is 7.93. The number of methoxy groups -OCH3 is 1. The van der Waals surface area contributed by atoms with E-state index in [2.05, 4.69) is 17.2 Å². The molecule has 1 aromatic rings. The zero-order chi connectivity index (χ0) is 13.4. The molecule has 0 aliphatic heterocycles. The number of hydrogen-bond donors (Lipinski definition) is 1. The van der Waals surface area contributed by atoms with E-state index in [9.17, 15) is 4.79 Å². The molecule has 0 aromatic carbocycles. The van der Waals surface area contributed by atoms with Crippen molar-refractivity contribution in [3.05, 3.63) is 24.0 Å². The lowest BCUT2D eigenvalue weighted by Crippen LogP contribution is -2.25. The number of carbonyl (C=O) groups excluding carboxylic acids is 1. The lowest BCUT2D eigenvalue weighted by Gasteiger charge is -2.10. The molecule has 1 atom stereocenters. The van der Waals surface area contributed by atoms with Gasteiger partial charge in [0.2, 0.25) is 0 Å². The van der Waals surface area contributed by atoms with Gasteiger partial charge in [-0.05, 0) is 24.8 Å². The van der Waals surface area contributed by atoms with Crippen molar-refractivity contribution in [1.29, 1.82) is 0 Å². The number of nitrogens with zero attached hydrogens (tertiary/aromatic N) is 1. The predicted molar refractivity (Wildman–Crippen MR) is 72.2 cm³/mol. The molecule has 0 aliphatic carbocycles. The largest absolute Gasteiger partial charge is 0.494 e. The average Bonchev–Trinajstić information content (AvgIpc) is 2.42. The van der Waals surface area contributed by atoms with E-state index in [1.165, 1.54) is 13.3 Å². The van der Waals surface area contributed by atoms with Crippen LogP contribution in [0.3, 0.4) is 0 Å². The molecule has 1 rings (SSSR count). The Morgan fingerprint density at radius 1 is 1.61 bits per heavy atom. The number of ether oxygens (including phenoxy) is 1. The van der Waals surface area contributed by atoms with Crippen molar-refractivity contribution in [3.8, 4) is 5.75 Å². The van der Waals surface area contributed by atoms with Gasteiger partial charge >= 0.3 is 0 Å². The standard InChI is InChI=1S/C13H19ClN2O2/c1-10(8-14)4-3-6-16-13(17)11-5-7-15-9-12(11)18-2/h5,7,9-10H,3-4,6,8H2,1-2H3,(H,16,17). The van der Waals surface area contributed by atoms with E-state index in [0.717, 1.165) is 12.8 Å². The Bertz CT molecular complexity index is 385. The van der Waals surface area contributed by atoms with Crippen molar-refractivity contribution in [2.45, 2.75) is 19.8 Å². The highest BCUT2D eigenvalue weighted by Gasteiger charge is 2.11. The summed E-state index contributed by atoms with van der Waals surface area (Å²) in [5, 5.41) is 2.86. The minimum absolute atomic E-state index is 0.132. The molecule has 1 N–H and O–H groups in total. The summed E-state index contributed by atoms with van der Waals surface area (Å²) in [6.45, 7) is 2.74. The molecular formula is C13H19ClN2O2. The highest BCUT2D eigenvalue weighted by atomic mass is 35.5. The van der Waals surface area contributed by atoms with Crippen molar-refractivity contribution in [2.75, 3.05) is 19.5 Å². The minimum atomic E-state index is -0.132. The Kier molecular flexibility index (Phi) is 6.50. The molecule has 0 radical (unpaired) electrons. The first-order valence-electron chi connectivity index (χ1n) is 6.01. The number of halogens is 1. The Labute approximate surface area is 113 Å². The molecule has 1 heterocycles. The molecule has 5 heteroatoms. The monoisotopic (exact) mass is 270 g/mol. The van der Waals surface area contributed by atoms with Gasteiger partial charge in [-0.3, -0.25) is 9.78 Å². The minimum Gasteiger partial charge on any atom is -0.494 e. The number of hydrogen-bond acceptors (Lipinski definition) is 3. The van der Waals surface area contributed by atoms with Gasteiger partial charge in [-0.25, -0.2) is 0 Å². The summed E-state index contributed by atoms with van der Waals surface area (Å²) in [6, 6.07) is 1.65. The maximum Gasteiger partial charge on any atom is 0.255 e. The maximum absolute atomic E-state index is 11.9. The van der Waals surface area contributed by atoms with Gasteiger partial charge in [0.25, 0.3) is 5.91 Å². The first-order valence-corrected chi connectivity index (χ1v) is 6.54. The van der Waals surface area contributed by atoms with Crippen LogP contribution in [0.1, 0.15) is 30.1 Å². The van der Waals surface area contributed by atoms with Gasteiger partial charge in [-0.1, -0.05) is 6.92 Å². The van der Waals surface area contributed by atoms with Crippen molar-refractivity contribution < 1.29 is 9.53 Å². The van der Waals surface area contributed by atoms with E-state index in [4.69, 9.17) is 16.3 Å². The van der Waals surface area contributed by atoms with Crippen LogP contribution in [-0.4, -0.2) is 30.4 Å². The SMILES string of the molecule is COc1cnccc1C(=O)NCCCC(C)CCl. The van der Waals surface area contributed by atoms with Gasteiger partial charge in [-0.2, -0.15) is 0 Å². The summed E-state index contributed by atoms with van der Waals surface area (Å²) in [7, 11) is 1.52. The predicted octanol–water partition coefficient (Wildman–Crippen LogP) is 2.48. The molecule has 0 saturated heterocycles. The van der Waals surface area contributed by atoms with Crippen LogP contribution in [0.4, 0.5) is 0 Å². The molecule has 1 aromatic heterocycles. The van der Waals surface area contributed by atoms with E-state index < -0.39 is 0 Å². The average molecular weight is 271 g/mol. The molecule has 0 bridgehead atoms. The van der Waals surface area contributed by atoms with E-state index in [1.54, 1.807) is 12.3 Å². The quantitative estimate of drug-likeness (QED) is 0.612. The van der Waals surface area contributed by atoms with E-state index >= 15 is 0 Å². The molecule has 100 valence electrons. The van der Waals surface area contributed by atoms with Crippen molar-refractivity contribution >= 4 is 17.5 Å². The van der Waals surface area contributed by atoms with Crippen LogP contribution in [0, 0.1) is 5.92 Å². The Hall–Kier alpha value is -1.29. The summed E-state index contributed by atoms with van der Waals surface area (Å²) in [5.41, 5.74) is 0.512. The summed E-state index contributed by atoms with van der Waals surface area (Å²) >= 11 is 5.72. The molecule has 0 saturated carbocycles. The number of carbonyl (C=O) groups is 1. The maximum atomic E-state index is 11.9. The van der Waals surface area contributed by atoms with Gasteiger partial charge in [0, 0.05) is 18.6 Å². The molecular weight excluding hydrogens is 252 g/mol. The second-order valence-electron chi connectivity index (χ2n) is 4.23. The van der Waals surface area contributed by atoms with Crippen molar-refractivity contribution in [1.82, 2.24) is 10.3 Å². The fraction of sp³-hybridized carbons (Fsp3) is 0.538. The number of amides is 1. The Balaban J connectivity index is 2.41. The number of aromatic nitrogens is 1. The van der Waals surface area contributed by atoms with Crippen LogP contribution >= 0.6 is 11.6 Å². The van der Waals surface area contributed by atoms with Crippen LogP contribution in [0.25, 0.3) is 0 Å². The molecule has 0 aliphatic rings. The fourth-order valence-corrected chi connectivity index (χ4v) is 1.71. The van der Waals surface area contributed by atoms with Gasteiger partial charge in [0.05, 0.1) is 18.9 Å². The lowest BCUT2D eigenvalue weighted by atomic mass is 10.1. The smallest absolute Gasteiger partial charge is 0.255 e. The highest BCUT2D eigenvalue weighted by Crippen LogP contribution is 2.15. The highest BCUT2D eigenvalue weighted by molar-refractivity contribution is 6.18. The van der Waals surface area contributed by atoms with Gasteiger partial charge < -0.3 is 10.1 Å². The van der Waals surface area contributed by atoms with E-state index in [0.29, 0.717) is 29.7 Å². The first-order chi connectivity index (χ1) is 8.69. The molecule has 1 unspecified atom stereocenters. The zero-order valence-corrected chi connectivity index (χ0v) is 11.5. The molecule has 4 nitrogen and oxygen atoms in total. The molecule has 0 spiro atoms. The first kappa shape index (κ1) is 14.8. The van der Waals surface area contributed by atoms with Gasteiger partial charge in [-0.15, -0.1) is 11.6 Å². The Morgan fingerprint density at radius 2 is 2.39 bits per heavy atom. The number of rotatable bonds is 7. The molecule has 0 fully saturated rings. The van der Waals surface area contributed by atoms with E-state index in [-0.39, 0.29) is 5.91 Å². The van der Waals surface area contributed by atoms with Crippen LogP contribution < -0.4 is 10.1 Å². The van der Waals surface area contributed by atoms with Crippen molar-refractivity contribution in [3.63, 3.8) is 0 Å². The van der Waals surface area contributed by atoms with Crippen LogP contribution in [0.15, 0.2) is 18.5 Å². The van der Waals surface area contributed by atoms with Crippen LogP contribution in [0.5, 0.6) is 5.75 Å². The third-order valence-electron chi connectivity index (χ3n) is 2.67. The number of pyridine rings is 1. The Morgan fingerprint density at radius 3 is 3.06 bits per heavy atom. The molecule has 1 amide bonds. The number of nitrogens with one attached hydrogen (secondary N) is 1. The molecule has 18 heavy (non-hydrogen) atoms. The normalized spacial score (nSPS) is 11.9. The van der Waals surface area contributed by atoms with Gasteiger partial charge in [0.15, 0.2) is 0 Å². The summed E-state index contributed by atoms with van der Waals surface area (Å²) in [4.78, 5) is 15.8. The third kappa shape index (κ3) is 4.53. The van der Waals surface area contributed by atoms with Crippen LogP contribution in [0.2, 0.25) is 0 Å². The summed E-state index contributed by atoms with van der Waals surface area (Å²) < 4.78 is 5.09. The second-order valence-corrected chi connectivity index (χ2v) is 4.54. The third-order valence-corrected chi connectivity index (χ3v) is 3.20. The van der Waals surface area contributed by atoms with Crippen LogP contribution in [-0.2, 0) is 0 Å². The number of alkyl halides is 1. The fourth-order valence-electron chi connectivity index (χ4n) is 1.56.